The van der Waals surface area contributed by atoms with Crippen LogP contribution in [0.2, 0.25) is 0 Å². The van der Waals surface area contributed by atoms with Gasteiger partial charge in [-0.25, -0.2) is 0 Å². The van der Waals surface area contributed by atoms with Gasteiger partial charge in [0.25, 0.3) is 0 Å². The molecule has 1 atom stereocenters. The SMILES string of the molecule is COc1ccccc1N1CCN(C(=O)C[C@@H](C)C2CC2)CC1. The number of methoxy groups -OCH3 is 1. The van der Waals surface area contributed by atoms with Crippen LogP contribution in [0, 0.1) is 11.8 Å². The second-order valence-electron chi connectivity index (χ2n) is 6.56. The number of hydrogen-bond donors (Lipinski definition) is 0. The van der Waals surface area contributed by atoms with E-state index in [1.165, 1.54) is 12.8 Å². The maximum atomic E-state index is 12.4. The number of benzene rings is 1. The lowest BCUT2D eigenvalue weighted by Crippen LogP contribution is -2.49. The molecule has 4 heteroatoms. The monoisotopic (exact) mass is 302 g/mol. The normalized spacial score (nSPS) is 19.9. The summed E-state index contributed by atoms with van der Waals surface area (Å²) in [5, 5.41) is 0. The number of amides is 1. The average Bonchev–Trinajstić information content (AvgIpc) is 3.40. The molecule has 0 spiro atoms. The molecule has 1 aliphatic carbocycles. The summed E-state index contributed by atoms with van der Waals surface area (Å²) in [5.41, 5.74) is 1.13. The molecule has 1 amide bonds. The van der Waals surface area contributed by atoms with Gasteiger partial charge in [-0.15, -0.1) is 0 Å². The van der Waals surface area contributed by atoms with Crippen LogP contribution in [0.1, 0.15) is 26.2 Å². The van der Waals surface area contributed by atoms with E-state index in [-0.39, 0.29) is 0 Å². The molecular weight excluding hydrogens is 276 g/mol. The van der Waals surface area contributed by atoms with Crippen LogP contribution in [0.15, 0.2) is 24.3 Å². The molecule has 22 heavy (non-hydrogen) atoms. The van der Waals surface area contributed by atoms with Crippen LogP contribution < -0.4 is 9.64 Å². The Hall–Kier alpha value is -1.71. The van der Waals surface area contributed by atoms with Crippen LogP contribution in [0.4, 0.5) is 5.69 Å². The van der Waals surface area contributed by atoms with Crippen LogP contribution in [-0.2, 0) is 4.79 Å². The topological polar surface area (TPSA) is 32.8 Å². The minimum Gasteiger partial charge on any atom is -0.495 e. The Morgan fingerprint density at radius 1 is 1.23 bits per heavy atom. The van der Waals surface area contributed by atoms with Crippen molar-refractivity contribution in [2.24, 2.45) is 11.8 Å². The summed E-state index contributed by atoms with van der Waals surface area (Å²) in [4.78, 5) is 16.7. The highest BCUT2D eigenvalue weighted by molar-refractivity contribution is 5.77. The zero-order chi connectivity index (χ0) is 15.5. The van der Waals surface area contributed by atoms with Gasteiger partial charge in [-0.1, -0.05) is 19.1 Å². The van der Waals surface area contributed by atoms with Crippen molar-refractivity contribution in [2.45, 2.75) is 26.2 Å². The number of rotatable bonds is 5. The summed E-state index contributed by atoms with van der Waals surface area (Å²) in [6, 6.07) is 8.10. The third-order valence-electron chi connectivity index (χ3n) is 4.98. The summed E-state index contributed by atoms with van der Waals surface area (Å²) in [6.45, 7) is 5.61. The first kappa shape index (κ1) is 15.2. The maximum absolute atomic E-state index is 12.4. The third kappa shape index (κ3) is 3.37. The summed E-state index contributed by atoms with van der Waals surface area (Å²) in [7, 11) is 1.71. The molecule has 4 nitrogen and oxygen atoms in total. The lowest BCUT2D eigenvalue weighted by molar-refractivity contribution is -0.132. The van der Waals surface area contributed by atoms with E-state index in [0.717, 1.165) is 50.0 Å². The Balaban J connectivity index is 1.54. The predicted molar refractivity (Wildman–Crippen MR) is 88.3 cm³/mol. The van der Waals surface area contributed by atoms with Gasteiger partial charge in [-0.05, 0) is 36.8 Å². The Morgan fingerprint density at radius 3 is 2.55 bits per heavy atom. The van der Waals surface area contributed by atoms with Crippen LogP contribution >= 0.6 is 0 Å². The van der Waals surface area contributed by atoms with Gasteiger partial charge in [0, 0.05) is 32.6 Å². The molecule has 3 rings (SSSR count). The smallest absolute Gasteiger partial charge is 0.222 e. The van der Waals surface area contributed by atoms with Crippen molar-refractivity contribution in [3.05, 3.63) is 24.3 Å². The van der Waals surface area contributed by atoms with E-state index in [2.05, 4.69) is 17.9 Å². The van der Waals surface area contributed by atoms with Crippen molar-refractivity contribution >= 4 is 11.6 Å². The molecule has 0 radical (unpaired) electrons. The standard InChI is InChI=1S/C18H26N2O2/c1-14(15-7-8-15)13-18(21)20-11-9-19(10-12-20)16-5-3-4-6-17(16)22-2/h3-6,14-15H,7-13H2,1-2H3/t14-/m1/s1. The quantitative estimate of drug-likeness (QED) is 0.838. The van der Waals surface area contributed by atoms with E-state index in [1.54, 1.807) is 7.11 Å². The Bertz CT molecular complexity index is 520. The molecule has 1 aromatic rings. The second kappa shape index (κ2) is 6.59. The Kier molecular flexibility index (Phi) is 4.55. The van der Waals surface area contributed by atoms with Gasteiger partial charge in [0.2, 0.25) is 5.91 Å². The van der Waals surface area contributed by atoms with Gasteiger partial charge in [-0.2, -0.15) is 0 Å². The number of piperazine rings is 1. The Labute approximate surface area is 133 Å². The highest BCUT2D eigenvalue weighted by atomic mass is 16.5. The molecule has 2 fully saturated rings. The van der Waals surface area contributed by atoms with E-state index in [1.807, 2.05) is 23.1 Å². The van der Waals surface area contributed by atoms with Crippen molar-refractivity contribution in [3.63, 3.8) is 0 Å². The predicted octanol–water partition coefficient (Wildman–Crippen LogP) is 2.78. The first-order valence-electron chi connectivity index (χ1n) is 8.34. The van der Waals surface area contributed by atoms with Crippen LogP contribution in [0.5, 0.6) is 5.75 Å². The summed E-state index contributed by atoms with van der Waals surface area (Å²) >= 11 is 0. The van der Waals surface area contributed by atoms with Crippen molar-refractivity contribution < 1.29 is 9.53 Å². The molecule has 1 aliphatic heterocycles. The molecule has 1 saturated heterocycles. The highest BCUT2D eigenvalue weighted by Gasteiger charge is 2.31. The molecule has 120 valence electrons. The number of hydrogen-bond acceptors (Lipinski definition) is 3. The zero-order valence-corrected chi connectivity index (χ0v) is 13.6. The molecule has 0 bridgehead atoms. The number of carbonyl (C=O) groups is 1. The molecular formula is C18H26N2O2. The molecule has 1 aromatic carbocycles. The van der Waals surface area contributed by atoms with E-state index >= 15 is 0 Å². The van der Waals surface area contributed by atoms with Gasteiger partial charge in [0.1, 0.15) is 5.75 Å². The molecule has 0 unspecified atom stereocenters. The maximum Gasteiger partial charge on any atom is 0.222 e. The minimum atomic E-state index is 0.332. The van der Waals surface area contributed by atoms with Crippen molar-refractivity contribution in [1.29, 1.82) is 0 Å². The van der Waals surface area contributed by atoms with Gasteiger partial charge in [-0.3, -0.25) is 4.79 Å². The molecule has 2 aliphatic rings. The van der Waals surface area contributed by atoms with E-state index in [0.29, 0.717) is 11.8 Å². The summed E-state index contributed by atoms with van der Waals surface area (Å²) in [6.07, 6.45) is 3.35. The van der Waals surface area contributed by atoms with Crippen LogP contribution in [0.3, 0.4) is 0 Å². The van der Waals surface area contributed by atoms with Crippen molar-refractivity contribution in [1.82, 2.24) is 4.90 Å². The van der Waals surface area contributed by atoms with Gasteiger partial charge >= 0.3 is 0 Å². The van der Waals surface area contributed by atoms with Crippen molar-refractivity contribution in [2.75, 3.05) is 38.2 Å². The van der Waals surface area contributed by atoms with Gasteiger partial charge in [0.05, 0.1) is 12.8 Å². The first-order chi connectivity index (χ1) is 10.7. The number of ether oxygens (including phenoxy) is 1. The van der Waals surface area contributed by atoms with Crippen LogP contribution in [-0.4, -0.2) is 44.1 Å². The number of para-hydroxylation sites is 2. The third-order valence-corrected chi connectivity index (χ3v) is 4.98. The van der Waals surface area contributed by atoms with Crippen molar-refractivity contribution in [3.8, 4) is 5.75 Å². The number of anilines is 1. The lowest BCUT2D eigenvalue weighted by Gasteiger charge is -2.37. The minimum absolute atomic E-state index is 0.332. The summed E-state index contributed by atoms with van der Waals surface area (Å²) in [5.74, 6) is 2.60. The Morgan fingerprint density at radius 2 is 1.91 bits per heavy atom. The highest BCUT2D eigenvalue weighted by Crippen LogP contribution is 2.38. The van der Waals surface area contributed by atoms with Gasteiger partial charge < -0.3 is 14.5 Å². The fraction of sp³-hybridized carbons (Fsp3) is 0.611. The van der Waals surface area contributed by atoms with Crippen LogP contribution in [0.25, 0.3) is 0 Å². The number of carbonyl (C=O) groups excluding carboxylic acids is 1. The van der Waals surface area contributed by atoms with E-state index < -0.39 is 0 Å². The average molecular weight is 302 g/mol. The molecule has 1 saturated carbocycles. The lowest BCUT2D eigenvalue weighted by atomic mass is 10.0. The first-order valence-corrected chi connectivity index (χ1v) is 8.34. The largest absolute Gasteiger partial charge is 0.495 e. The molecule has 0 aromatic heterocycles. The van der Waals surface area contributed by atoms with Gasteiger partial charge in [0.15, 0.2) is 0 Å². The second-order valence-corrected chi connectivity index (χ2v) is 6.56. The fourth-order valence-electron chi connectivity index (χ4n) is 3.32. The summed E-state index contributed by atoms with van der Waals surface area (Å²) < 4.78 is 5.44. The molecule has 1 heterocycles. The number of nitrogens with zero attached hydrogens (tertiary/aromatic N) is 2. The molecule has 0 N–H and O–H groups in total. The van der Waals surface area contributed by atoms with E-state index in [4.69, 9.17) is 4.74 Å². The fourth-order valence-corrected chi connectivity index (χ4v) is 3.32. The van der Waals surface area contributed by atoms with E-state index in [9.17, 15) is 4.79 Å². The zero-order valence-electron chi connectivity index (χ0n) is 13.6.